The molecule has 1 aliphatic heterocycles. The van der Waals surface area contributed by atoms with Crippen LogP contribution in [-0.2, 0) is 9.59 Å². The lowest BCUT2D eigenvalue weighted by Crippen LogP contribution is -2.55. The van der Waals surface area contributed by atoms with Gasteiger partial charge < -0.3 is 20.2 Å². The minimum absolute atomic E-state index is 0.0570. The second-order valence-corrected chi connectivity index (χ2v) is 6.41. The van der Waals surface area contributed by atoms with Crippen molar-refractivity contribution < 1.29 is 19.5 Å². The summed E-state index contributed by atoms with van der Waals surface area (Å²) in [7, 11) is 1.50. The van der Waals surface area contributed by atoms with Crippen molar-refractivity contribution in [3.63, 3.8) is 0 Å². The molecule has 0 aliphatic carbocycles. The number of carboxylic acids is 1. The van der Waals surface area contributed by atoms with Crippen molar-refractivity contribution in [3.05, 3.63) is 29.8 Å². The molecule has 1 fully saturated rings. The number of aliphatic carboxylic acids is 1. The second kappa shape index (κ2) is 8.34. The number of nitrogens with zero attached hydrogens (tertiary/aromatic N) is 3. The molecule has 1 aliphatic rings. The summed E-state index contributed by atoms with van der Waals surface area (Å²) < 4.78 is 0. The summed E-state index contributed by atoms with van der Waals surface area (Å²) >= 11 is 0. The van der Waals surface area contributed by atoms with Gasteiger partial charge in [-0.15, -0.1) is 0 Å². The van der Waals surface area contributed by atoms with Gasteiger partial charge in [0.15, 0.2) is 0 Å². The SMILES string of the molecule is CC(CN(C)C(=O)NC1CCCN(c2ccc(C#N)cc2)C1=O)C(=O)O. The van der Waals surface area contributed by atoms with Gasteiger partial charge in [0.2, 0.25) is 5.91 Å². The van der Waals surface area contributed by atoms with E-state index in [9.17, 15) is 14.4 Å². The van der Waals surface area contributed by atoms with E-state index < -0.39 is 24.0 Å². The number of amides is 3. The molecule has 0 spiro atoms. The van der Waals surface area contributed by atoms with E-state index in [1.165, 1.54) is 18.9 Å². The van der Waals surface area contributed by atoms with Crippen LogP contribution in [0.15, 0.2) is 24.3 Å². The van der Waals surface area contributed by atoms with Crippen molar-refractivity contribution >= 4 is 23.6 Å². The number of nitriles is 1. The van der Waals surface area contributed by atoms with Gasteiger partial charge in [-0.3, -0.25) is 9.59 Å². The monoisotopic (exact) mass is 358 g/mol. The van der Waals surface area contributed by atoms with E-state index in [2.05, 4.69) is 5.32 Å². The Bertz CT molecular complexity index is 726. The largest absolute Gasteiger partial charge is 0.481 e. The zero-order valence-electron chi connectivity index (χ0n) is 14.8. The fourth-order valence-corrected chi connectivity index (χ4v) is 2.81. The molecule has 1 heterocycles. The van der Waals surface area contributed by atoms with Crippen molar-refractivity contribution in [1.29, 1.82) is 5.26 Å². The average molecular weight is 358 g/mol. The molecule has 8 nitrogen and oxygen atoms in total. The molecule has 2 unspecified atom stereocenters. The average Bonchev–Trinajstić information content (AvgIpc) is 2.63. The van der Waals surface area contributed by atoms with Crippen LogP contribution in [0.4, 0.5) is 10.5 Å². The van der Waals surface area contributed by atoms with Gasteiger partial charge in [0.25, 0.3) is 0 Å². The van der Waals surface area contributed by atoms with E-state index in [1.54, 1.807) is 29.2 Å². The molecular weight excluding hydrogens is 336 g/mol. The van der Waals surface area contributed by atoms with Crippen LogP contribution in [0.5, 0.6) is 0 Å². The normalized spacial score (nSPS) is 18.0. The number of carbonyl (C=O) groups is 3. The summed E-state index contributed by atoms with van der Waals surface area (Å²) in [5.74, 6) is -1.89. The molecule has 0 radical (unpaired) electrons. The maximum Gasteiger partial charge on any atom is 0.317 e. The minimum Gasteiger partial charge on any atom is -0.481 e. The van der Waals surface area contributed by atoms with Gasteiger partial charge >= 0.3 is 12.0 Å². The Kier molecular flexibility index (Phi) is 6.17. The van der Waals surface area contributed by atoms with Gasteiger partial charge in [0, 0.05) is 25.8 Å². The van der Waals surface area contributed by atoms with Gasteiger partial charge in [-0.05, 0) is 37.1 Å². The molecule has 26 heavy (non-hydrogen) atoms. The first-order valence-corrected chi connectivity index (χ1v) is 8.39. The third kappa shape index (κ3) is 4.51. The highest BCUT2D eigenvalue weighted by atomic mass is 16.4. The quantitative estimate of drug-likeness (QED) is 0.826. The molecule has 1 aromatic carbocycles. The second-order valence-electron chi connectivity index (χ2n) is 6.41. The maximum absolute atomic E-state index is 12.7. The van der Waals surface area contributed by atoms with Crippen LogP contribution in [-0.4, -0.2) is 54.1 Å². The van der Waals surface area contributed by atoms with Crippen LogP contribution in [0, 0.1) is 17.2 Å². The number of benzene rings is 1. The van der Waals surface area contributed by atoms with Gasteiger partial charge in [0.05, 0.1) is 17.6 Å². The molecule has 0 aromatic heterocycles. The van der Waals surface area contributed by atoms with E-state index in [-0.39, 0.29) is 12.5 Å². The predicted molar refractivity (Wildman–Crippen MR) is 94.5 cm³/mol. The lowest BCUT2D eigenvalue weighted by atomic mass is 10.0. The fraction of sp³-hybridized carbons (Fsp3) is 0.444. The van der Waals surface area contributed by atoms with Gasteiger partial charge in [-0.1, -0.05) is 6.92 Å². The standard InChI is InChI=1S/C18H22N4O4/c1-12(17(24)25)11-21(2)18(26)20-15-4-3-9-22(16(15)23)14-7-5-13(10-19)6-8-14/h5-8,12,15H,3-4,9,11H2,1-2H3,(H,20,26)(H,24,25). The molecule has 138 valence electrons. The number of rotatable bonds is 5. The summed E-state index contributed by atoms with van der Waals surface area (Å²) in [5, 5.41) is 20.5. The zero-order chi connectivity index (χ0) is 19.3. The lowest BCUT2D eigenvalue weighted by molar-refractivity contribution is -0.141. The van der Waals surface area contributed by atoms with Gasteiger partial charge in [-0.2, -0.15) is 5.26 Å². The molecule has 0 saturated carbocycles. The Hall–Kier alpha value is -3.08. The first-order valence-electron chi connectivity index (χ1n) is 8.39. The van der Waals surface area contributed by atoms with E-state index in [0.29, 0.717) is 24.2 Å². The van der Waals surface area contributed by atoms with Crippen LogP contribution < -0.4 is 10.2 Å². The van der Waals surface area contributed by atoms with Crippen LogP contribution >= 0.6 is 0 Å². The molecule has 0 bridgehead atoms. The van der Waals surface area contributed by atoms with Crippen molar-refractivity contribution in [2.45, 2.75) is 25.8 Å². The summed E-state index contributed by atoms with van der Waals surface area (Å²) in [6.07, 6.45) is 1.26. The third-order valence-corrected chi connectivity index (χ3v) is 4.36. The van der Waals surface area contributed by atoms with E-state index >= 15 is 0 Å². The number of hydrogen-bond acceptors (Lipinski definition) is 4. The summed E-state index contributed by atoms with van der Waals surface area (Å²) in [4.78, 5) is 38.7. The Balaban J connectivity index is 2.01. The predicted octanol–water partition coefficient (Wildman–Crippen LogP) is 1.42. The van der Waals surface area contributed by atoms with Crippen LogP contribution in [0.2, 0.25) is 0 Å². The topological polar surface area (TPSA) is 114 Å². The Labute approximate surface area is 152 Å². The number of hydrogen-bond donors (Lipinski definition) is 2. The van der Waals surface area contributed by atoms with Crippen molar-refractivity contribution in [3.8, 4) is 6.07 Å². The summed E-state index contributed by atoms with van der Waals surface area (Å²) in [5.41, 5.74) is 1.19. The number of anilines is 1. The molecule has 2 atom stereocenters. The van der Waals surface area contributed by atoms with E-state index in [1.807, 2.05) is 6.07 Å². The highest BCUT2D eigenvalue weighted by molar-refractivity contribution is 5.99. The minimum atomic E-state index is -0.981. The first-order chi connectivity index (χ1) is 12.3. The molecule has 1 saturated heterocycles. The van der Waals surface area contributed by atoms with Gasteiger partial charge in [-0.25, -0.2) is 4.79 Å². The smallest absolute Gasteiger partial charge is 0.317 e. The Morgan fingerprint density at radius 3 is 2.65 bits per heavy atom. The first kappa shape index (κ1) is 19.2. The van der Waals surface area contributed by atoms with Crippen LogP contribution in [0.25, 0.3) is 0 Å². The molecule has 2 rings (SSSR count). The highest BCUT2D eigenvalue weighted by Gasteiger charge is 2.31. The van der Waals surface area contributed by atoms with Gasteiger partial charge in [0.1, 0.15) is 6.04 Å². The van der Waals surface area contributed by atoms with Crippen LogP contribution in [0.1, 0.15) is 25.3 Å². The highest BCUT2D eigenvalue weighted by Crippen LogP contribution is 2.21. The van der Waals surface area contributed by atoms with Crippen molar-refractivity contribution in [1.82, 2.24) is 10.2 Å². The molecule has 8 heteroatoms. The van der Waals surface area contributed by atoms with E-state index in [4.69, 9.17) is 10.4 Å². The molecule has 2 N–H and O–H groups in total. The maximum atomic E-state index is 12.7. The molecule has 3 amide bonds. The van der Waals surface area contributed by atoms with Crippen LogP contribution in [0.3, 0.4) is 0 Å². The zero-order valence-corrected chi connectivity index (χ0v) is 14.8. The number of nitrogens with one attached hydrogen (secondary N) is 1. The molecule has 1 aromatic rings. The number of piperidine rings is 1. The van der Waals surface area contributed by atoms with Crippen molar-refractivity contribution in [2.75, 3.05) is 25.0 Å². The van der Waals surface area contributed by atoms with Crippen molar-refractivity contribution in [2.24, 2.45) is 5.92 Å². The lowest BCUT2D eigenvalue weighted by Gasteiger charge is -2.33. The Morgan fingerprint density at radius 2 is 2.08 bits per heavy atom. The summed E-state index contributed by atoms with van der Waals surface area (Å²) in [6.45, 7) is 2.12. The number of urea groups is 1. The third-order valence-electron chi connectivity index (χ3n) is 4.36. The Morgan fingerprint density at radius 1 is 1.42 bits per heavy atom. The fourth-order valence-electron chi connectivity index (χ4n) is 2.81. The summed E-state index contributed by atoms with van der Waals surface area (Å²) in [6, 6.07) is 7.61. The molecular formula is C18H22N4O4. The number of carboxylic acid groups (broad SMARTS) is 1. The van der Waals surface area contributed by atoms with E-state index in [0.717, 1.165) is 6.42 Å². The number of carbonyl (C=O) groups excluding carboxylic acids is 2.